The fourth-order valence-electron chi connectivity index (χ4n) is 2.48. The van der Waals surface area contributed by atoms with Crippen LogP contribution in [0.3, 0.4) is 0 Å². The molecule has 1 aromatic rings. The zero-order valence-electron chi connectivity index (χ0n) is 11.9. The maximum absolute atomic E-state index is 12.4. The van der Waals surface area contributed by atoms with Crippen molar-refractivity contribution in [2.24, 2.45) is 0 Å². The molecule has 110 valence electrons. The van der Waals surface area contributed by atoms with Crippen LogP contribution < -0.4 is 11.1 Å². The molecule has 3 N–H and O–H groups in total. The lowest BCUT2D eigenvalue weighted by atomic mass is 10.1. The van der Waals surface area contributed by atoms with Gasteiger partial charge in [-0.15, -0.1) is 0 Å². The van der Waals surface area contributed by atoms with E-state index in [1.165, 1.54) is 6.92 Å². The van der Waals surface area contributed by atoms with Gasteiger partial charge in [0.1, 0.15) is 0 Å². The lowest BCUT2D eigenvalue weighted by molar-refractivity contribution is -0.120. The first kappa shape index (κ1) is 14.4. The van der Waals surface area contributed by atoms with E-state index in [0.29, 0.717) is 31.0 Å². The molecule has 0 spiro atoms. The monoisotopic (exact) mass is 279 g/mol. The molecule has 0 bridgehead atoms. The Morgan fingerprint density at radius 3 is 2.90 bits per heavy atom. The number of nitrogen functional groups attached to an aromatic ring is 1. The maximum Gasteiger partial charge on any atom is 0.276 e. The predicted molar refractivity (Wildman–Crippen MR) is 75.1 cm³/mol. The Hall–Kier alpha value is -2.05. The van der Waals surface area contributed by atoms with Crippen LogP contribution >= 0.6 is 0 Å². The quantitative estimate of drug-likeness (QED) is 0.828. The van der Waals surface area contributed by atoms with Gasteiger partial charge in [-0.3, -0.25) is 14.3 Å². The number of hydrogen-bond acceptors (Lipinski definition) is 4. The highest BCUT2D eigenvalue weighted by atomic mass is 16.2. The van der Waals surface area contributed by atoms with E-state index in [2.05, 4.69) is 10.4 Å². The molecule has 1 saturated heterocycles. The van der Waals surface area contributed by atoms with Crippen molar-refractivity contribution in [3.8, 4) is 0 Å². The minimum atomic E-state index is -0.162. The van der Waals surface area contributed by atoms with Crippen LogP contribution in [0, 0.1) is 0 Å². The van der Waals surface area contributed by atoms with Gasteiger partial charge in [0.05, 0.1) is 5.69 Å². The minimum absolute atomic E-state index is 0.0136. The van der Waals surface area contributed by atoms with Gasteiger partial charge in [-0.05, 0) is 19.8 Å². The maximum atomic E-state index is 12.4. The summed E-state index contributed by atoms with van der Waals surface area (Å²) in [6.45, 7) is 5.28. The van der Waals surface area contributed by atoms with Crippen LogP contribution in [0.15, 0.2) is 6.20 Å². The normalized spacial score (nSPS) is 18.9. The van der Waals surface area contributed by atoms with Gasteiger partial charge in [0, 0.05) is 38.8 Å². The summed E-state index contributed by atoms with van der Waals surface area (Å²) in [4.78, 5) is 25.3. The van der Waals surface area contributed by atoms with Crippen LogP contribution in [0.25, 0.3) is 0 Å². The van der Waals surface area contributed by atoms with E-state index < -0.39 is 0 Å². The van der Waals surface area contributed by atoms with E-state index in [0.717, 1.165) is 12.8 Å². The first-order valence-electron chi connectivity index (χ1n) is 6.90. The summed E-state index contributed by atoms with van der Waals surface area (Å²) in [6.07, 6.45) is 3.43. The van der Waals surface area contributed by atoms with Crippen LogP contribution in [0.2, 0.25) is 0 Å². The molecular formula is C13H21N5O2. The third-order valence-corrected chi connectivity index (χ3v) is 3.43. The summed E-state index contributed by atoms with van der Waals surface area (Å²) in [5.41, 5.74) is 6.54. The Labute approximate surface area is 118 Å². The molecule has 20 heavy (non-hydrogen) atoms. The second-order valence-electron chi connectivity index (χ2n) is 5.08. The average Bonchev–Trinajstić information content (AvgIpc) is 2.79. The fourth-order valence-corrected chi connectivity index (χ4v) is 2.48. The number of hydrogen-bond donors (Lipinski definition) is 2. The van der Waals surface area contributed by atoms with Gasteiger partial charge in [-0.25, -0.2) is 0 Å². The molecule has 0 saturated carbocycles. The Bertz CT molecular complexity index is 511. The fraction of sp³-hybridized carbons (Fsp3) is 0.615. The highest BCUT2D eigenvalue weighted by molar-refractivity contribution is 5.97. The second kappa shape index (κ2) is 5.94. The largest absolute Gasteiger partial charge is 0.396 e. The number of anilines is 1. The molecule has 2 rings (SSSR count). The number of nitrogens with one attached hydrogen (secondary N) is 1. The smallest absolute Gasteiger partial charge is 0.276 e. The average molecular weight is 279 g/mol. The molecule has 7 heteroatoms. The summed E-state index contributed by atoms with van der Waals surface area (Å²) < 4.78 is 1.65. The van der Waals surface area contributed by atoms with Crippen LogP contribution in [0.5, 0.6) is 0 Å². The zero-order chi connectivity index (χ0) is 14.7. The van der Waals surface area contributed by atoms with Gasteiger partial charge >= 0.3 is 0 Å². The SMILES string of the molecule is CCn1cc(N)c(C(=O)N2CCCC(NC(C)=O)C2)n1. The third kappa shape index (κ3) is 3.09. The molecule has 1 unspecified atom stereocenters. The van der Waals surface area contributed by atoms with E-state index in [-0.39, 0.29) is 17.9 Å². The predicted octanol–water partition coefficient (Wildman–Crippen LogP) is 0.226. The minimum Gasteiger partial charge on any atom is -0.396 e. The molecule has 2 heterocycles. The van der Waals surface area contributed by atoms with Crippen molar-refractivity contribution >= 4 is 17.5 Å². The first-order chi connectivity index (χ1) is 9.51. The standard InChI is InChI=1S/C13H21N5O2/c1-3-18-8-11(14)12(16-18)13(20)17-6-4-5-10(7-17)15-9(2)19/h8,10H,3-7,14H2,1-2H3,(H,15,19). The van der Waals surface area contributed by atoms with Crippen LogP contribution in [0.4, 0.5) is 5.69 Å². The Balaban J connectivity index is 2.07. The van der Waals surface area contributed by atoms with Crippen molar-refractivity contribution in [1.82, 2.24) is 20.0 Å². The van der Waals surface area contributed by atoms with Crippen molar-refractivity contribution in [3.63, 3.8) is 0 Å². The highest BCUT2D eigenvalue weighted by Gasteiger charge is 2.27. The molecule has 0 radical (unpaired) electrons. The van der Waals surface area contributed by atoms with Crippen LogP contribution in [0.1, 0.15) is 37.2 Å². The van der Waals surface area contributed by atoms with Gasteiger partial charge in [0.15, 0.2) is 5.69 Å². The van der Waals surface area contributed by atoms with E-state index in [1.807, 2.05) is 6.92 Å². The molecule has 1 aromatic heterocycles. The van der Waals surface area contributed by atoms with E-state index >= 15 is 0 Å². The number of nitrogens with two attached hydrogens (primary N) is 1. The number of piperidine rings is 1. The lowest BCUT2D eigenvalue weighted by Crippen LogP contribution is -2.49. The van der Waals surface area contributed by atoms with E-state index in [1.54, 1.807) is 15.8 Å². The summed E-state index contributed by atoms with van der Waals surface area (Å²) >= 11 is 0. The van der Waals surface area contributed by atoms with E-state index in [9.17, 15) is 9.59 Å². The summed E-state index contributed by atoms with van der Waals surface area (Å²) in [6, 6.07) is 0.0136. The Kier molecular flexibility index (Phi) is 4.26. The number of aryl methyl sites for hydroxylation is 1. The van der Waals surface area contributed by atoms with Gasteiger partial charge in [-0.2, -0.15) is 5.10 Å². The molecule has 2 amide bonds. The molecule has 7 nitrogen and oxygen atoms in total. The molecule has 0 aliphatic carbocycles. The molecule has 1 fully saturated rings. The number of nitrogens with zero attached hydrogens (tertiary/aromatic N) is 3. The van der Waals surface area contributed by atoms with Crippen molar-refractivity contribution < 1.29 is 9.59 Å². The lowest BCUT2D eigenvalue weighted by Gasteiger charge is -2.32. The number of carbonyl (C=O) groups is 2. The molecule has 1 atom stereocenters. The van der Waals surface area contributed by atoms with Crippen molar-refractivity contribution in [2.45, 2.75) is 39.3 Å². The van der Waals surface area contributed by atoms with Gasteiger partial charge < -0.3 is 16.0 Å². The zero-order valence-corrected chi connectivity index (χ0v) is 11.9. The van der Waals surface area contributed by atoms with E-state index in [4.69, 9.17) is 5.73 Å². The van der Waals surface area contributed by atoms with Crippen molar-refractivity contribution in [1.29, 1.82) is 0 Å². The molecule has 0 aromatic carbocycles. The first-order valence-corrected chi connectivity index (χ1v) is 6.90. The topological polar surface area (TPSA) is 93.2 Å². The Morgan fingerprint density at radius 2 is 2.30 bits per heavy atom. The number of aromatic nitrogens is 2. The Morgan fingerprint density at radius 1 is 1.55 bits per heavy atom. The molecule has 1 aliphatic rings. The van der Waals surface area contributed by atoms with Crippen molar-refractivity contribution in [3.05, 3.63) is 11.9 Å². The number of carbonyl (C=O) groups excluding carboxylic acids is 2. The summed E-state index contributed by atoms with van der Waals surface area (Å²) in [5.74, 6) is -0.233. The highest BCUT2D eigenvalue weighted by Crippen LogP contribution is 2.17. The van der Waals surface area contributed by atoms with Crippen LogP contribution in [-0.4, -0.2) is 45.6 Å². The molecule has 1 aliphatic heterocycles. The number of rotatable bonds is 3. The van der Waals surface area contributed by atoms with Gasteiger partial charge in [0.25, 0.3) is 5.91 Å². The number of likely N-dealkylation sites (tertiary alicyclic amines) is 1. The van der Waals surface area contributed by atoms with Gasteiger partial charge in [-0.1, -0.05) is 0 Å². The molecular weight excluding hydrogens is 258 g/mol. The third-order valence-electron chi connectivity index (χ3n) is 3.43. The summed E-state index contributed by atoms with van der Waals surface area (Å²) in [7, 11) is 0. The number of amides is 2. The van der Waals surface area contributed by atoms with Gasteiger partial charge in [0.2, 0.25) is 5.91 Å². The second-order valence-corrected chi connectivity index (χ2v) is 5.08. The van der Waals surface area contributed by atoms with Crippen LogP contribution in [-0.2, 0) is 11.3 Å². The van der Waals surface area contributed by atoms with Crippen molar-refractivity contribution in [2.75, 3.05) is 18.8 Å². The summed E-state index contributed by atoms with van der Waals surface area (Å²) in [5, 5.41) is 7.06.